The molecule has 2 aromatic rings. The topological polar surface area (TPSA) is 79.1 Å². The quantitative estimate of drug-likeness (QED) is 0.758. The molecule has 0 atom stereocenters. The van der Waals surface area contributed by atoms with E-state index in [9.17, 15) is 4.79 Å². The van der Waals surface area contributed by atoms with Crippen molar-refractivity contribution in [3.05, 3.63) is 30.0 Å². The fourth-order valence-corrected chi connectivity index (χ4v) is 1.20. The molecule has 0 aromatic carbocycles. The molecule has 0 aliphatic carbocycles. The number of aromatic nitrogens is 2. The van der Waals surface area contributed by atoms with Crippen LogP contribution >= 0.6 is 0 Å². The van der Waals surface area contributed by atoms with Gasteiger partial charge in [0, 0.05) is 5.69 Å². The fourth-order valence-electron chi connectivity index (χ4n) is 1.20. The first-order valence-electron chi connectivity index (χ1n) is 4.01. The lowest BCUT2D eigenvalue weighted by Gasteiger charge is -1.85. The number of hydrogen-bond acceptors (Lipinski definition) is 3. The van der Waals surface area contributed by atoms with E-state index in [1.54, 1.807) is 13.0 Å². The largest absolute Gasteiger partial charge is 0.476 e. The van der Waals surface area contributed by atoms with Gasteiger partial charge in [-0.05, 0) is 13.0 Å². The van der Waals surface area contributed by atoms with Gasteiger partial charge in [0.1, 0.15) is 12.1 Å². The molecule has 0 amide bonds. The minimum absolute atomic E-state index is 0.0428. The molecular formula is C9H8N2O3. The van der Waals surface area contributed by atoms with Crippen molar-refractivity contribution >= 4 is 5.97 Å². The van der Waals surface area contributed by atoms with Crippen LogP contribution in [0.4, 0.5) is 0 Å². The molecule has 5 heteroatoms. The van der Waals surface area contributed by atoms with Gasteiger partial charge in [-0.25, -0.2) is 9.78 Å². The maximum atomic E-state index is 10.7. The first kappa shape index (κ1) is 8.55. The monoisotopic (exact) mass is 192 g/mol. The van der Waals surface area contributed by atoms with Gasteiger partial charge in [0.05, 0.1) is 11.8 Å². The van der Waals surface area contributed by atoms with E-state index in [-0.39, 0.29) is 5.69 Å². The number of nitrogens with zero attached hydrogens (tertiary/aromatic N) is 1. The van der Waals surface area contributed by atoms with Crippen LogP contribution in [0.3, 0.4) is 0 Å². The van der Waals surface area contributed by atoms with E-state index in [0.717, 1.165) is 5.56 Å². The molecule has 0 bridgehead atoms. The van der Waals surface area contributed by atoms with Crippen LogP contribution in [0.2, 0.25) is 0 Å². The van der Waals surface area contributed by atoms with Gasteiger partial charge in [-0.2, -0.15) is 0 Å². The lowest BCUT2D eigenvalue weighted by atomic mass is 10.3. The molecule has 2 aromatic heterocycles. The van der Waals surface area contributed by atoms with Crippen LogP contribution in [0.15, 0.2) is 23.0 Å². The maximum absolute atomic E-state index is 10.7. The van der Waals surface area contributed by atoms with Crippen LogP contribution in [0.1, 0.15) is 16.2 Å². The van der Waals surface area contributed by atoms with Gasteiger partial charge in [-0.15, -0.1) is 0 Å². The highest BCUT2D eigenvalue weighted by Gasteiger charge is 2.14. The number of H-pyrrole nitrogens is 1. The number of carboxylic acid groups (broad SMARTS) is 1. The highest BCUT2D eigenvalue weighted by Crippen LogP contribution is 2.17. The highest BCUT2D eigenvalue weighted by atomic mass is 16.4. The summed E-state index contributed by atoms with van der Waals surface area (Å²) < 4.78 is 4.87. The zero-order valence-electron chi connectivity index (χ0n) is 7.44. The number of rotatable bonds is 2. The van der Waals surface area contributed by atoms with E-state index in [4.69, 9.17) is 9.52 Å². The summed E-state index contributed by atoms with van der Waals surface area (Å²) in [6.45, 7) is 1.67. The van der Waals surface area contributed by atoms with E-state index in [2.05, 4.69) is 9.97 Å². The Morgan fingerprint density at radius 2 is 2.43 bits per heavy atom. The van der Waals surface area contributed by atoms with Crippen LogP contribution in [-0.2, 0) is 0 Å². The summed E-state index contributed by atoms with van der Waals surface area (Å²) in [6, 6.07) is 1.71. The van der Waals surface area contributed by atoms with Gasteiger partial charge in [-0.1, -0.05) is 0 Å². The Balaban J connectivity index is 2.48. The lowest BCUT2D eigenvalue weighted by Crippen LogP contribution is -1.98. The van der Waals surface area contributed by atoms with Crippen LogP contribution in [0.25, 0.3) is 11.4 Å². The van der Waals surface area contributed by atoms with Crippen molar-refractivity contribution in [2.45, 2.75) is 6.92 Å². The Kier molecular flexibility index (Phi) is 1.85. The molecule has 2 N–H and O–H groups in total. The van der Waals surface area contributed by atoms with E-state index >= 15 is 0 Å². The van der Waals surface area contributed by atoms with Crippen molar-refractivity contribution < 1.29 is 14.3 Å². The molecule has 0 saturated carbocycles. The fraction of sp³-hybridized carbons (Fsp3) is 0.111. The predicted molar refractivity (Wildman–Crippen MR) is 48.0 cm³/mol. The maximum Gasteiger partial charge on any atom is 0.356 e. The van der Waals surface area contributed by atoms with Crippen LogP contribution in [0.5, 0.6) is 0 Å². The molecule has 72 valence electrons. The van der Waals surface area contributed by atoms with Crippen LogP contribution < -0.4 is 0 Å². The van der Waals surface area contributed by atoms with Crippen molar-refractivity contribution in [1.82, 2.24) is 9.97 Å². The van der Waals surface area contributed by atoms with E-state index in [1.165, 1.54) is 12.5 Å². The van der Waals surface area contributed by atoms with Gasteiger partial charge < -0.3 is 14.5 Å². The molecule has 2 heterocycles. The van der Waals surface area contributed by atoms with E-state index < -0.39 is 5.97 Å². The summed E-state index contributed by atoms with van der Waals surface area (Å²) in [5.74, 6) is -0.526. The zero-order valence-corrected chi connectivity index (χ0v) is 7.44. The van der Waals surface area contributed by atoms with Crippen molar-refractivity contribution in [3.8, 4) is 11.4 Å². The van der Waals surface area contributed by atoms with Gasteiger partial charge in [0.2, 0.25) is 0 Å². The number of nitrogens with one attached hydrogen (secondary N) is 1. The van der Waals surface area contributed by atoms with Gasteiger partial charge in [0.25, 0.3) is 0 Å². The number of aromatic amines is 1. The molecule has 0 aliphatic heterocycles. The van der Waals surface area contributed by atoms with Crippen LogP contribution in [0, 0.1) is 6.92 Å². The zero-order chi connectivity index (χ0) is 10.1. The van der Waals surface area contributed by atoms with E-state index in [0.29, 0.717) is 11.5 Å². The summed E-state index contributed by atoms with van der Waals surface area (Å²) in [6.07, 6.45) is 3.01. The number of imidazole rings is 1. The average Bonchev–Trinajstić information content (AvgIpc) is 2.70. The SMILES string of the molecule is Cc1[nH]c(-c2ccoc2)nc1C(=O)O. The lowest BCUT2D eigenvalue weighted by molar-refractivity contribution is 0.0690. The molecule has 14 heavy (non-hydrogen) atoms. The standard InChI is InChI=1S/C9H8N2O3/c1-5-7(9(12)13)11-8(10-5)6-2-3-14-4-6/h2-4H,1H3,(H,10,11)(H,12,13). The second-order valence-corrected chi connectivity index (χ2v) is 2.88. The molecule has 5 nitrogen and oxygen atoms in total. The van der Waals surface area contributed by atoms with E-state index in [1.807, 2.05) is 0 Å². The molecule has 2 rings (SSSR count). The van der Waals surface area contributed by atoms with Crippen LogP contribution in [-0.4, -0.2) is 21.0 Å². The summed E-state index contributed by atoms with van der Waals surface area (Å²) in [5, 5.41) is 8.77. The summed E-state index contributed by atoms with van der Waals surface area (Å²) in [7, 11) is 0. The third-order valence-electron chi connectivity index (χ3n) is 1.88. The number of aromatic carboxylic acids is 1. The summed E-state index contributed by atoms with van der Waals surface area (Å²) in [4.78, 5) is 17.5. The minimum Gasteiger partial charge on any atom is -0.476 e. The van der Waals surface area contributed by atoms with Crippen molar-refractivity contribution in [2.24, 2.45) is 0 Å². The van der Waals surface area contributed by atoms with Crippen molar-refractivity contribution in [2.75, 3.05) is 0 Å². The van der Waals surface area contributed by atoms with Gasteiger partial charge in [-0.3, -0.25) is 0 Å². The molecule has 0 unspecified atom stereocenters. The Morgan fingerprint density at radius 3 is 2.93 bits per heavy atom. The van der Waals surface area contributed by atoms with Gasteiger partial charge in [0.15, 0.2) is 5.69 Å². The number of carboxylic acids is 1. The highest BCUT2D eigenvalue weighted by molar-refractivity contribution is 5.87. The second kappa shape index (κ2) is 3.02. The first-order chi connectivity index (χ1) is 6.68. The number of carbonyl (C=O) groups is 1. The number of hydrogen-bond donors (Lipinski definition) is 2. The van der Waals surface area contributed by atoms with Gasteiger partial charge >= 0.3 is 5.97 Å². The minimum atomic E-state index is -1.03. The Bertz CT molecular complexity index is 456. The van der Waals surface area contributed by atoms with Crippen molar-refractivity contribution in [1.29, 1.82) is 0 Å². The molecule has 0 saturated heterocycles. The molecule has 0 radical (unpaired) electrons. The van der Waals surface area contributed by atoms with Crippen molar-refractivity contribution in [3.63, 3.8) is 0 Å². The summed E-state index contributed by atoms with van der Waals surface area (Å²) in [5.41, 5.74) is 1.32. The number of furan rings is 1. The number of aryl methyl sites for hydroxylation is 1. The first-order valence-corrected chi connectivity index (χ1v) is 4.01. The Hall–Kier alpha value is -2.04. The third kappa shape index (κ3) is 1.28. The average molecular weight is 192 g/mol. The third-order valence-corrected chi connectivity index (χ3v) is 1.88. The Morgan fingerprint density at radius 1 is 1.64 bits per heavy atom. The molecular weight excluding hydrogens is 184 g/mol. The molecule has 0 aliphatic rings. The Labute approximate surface area is 79.4 Å². The smallest absolute Gasteiger partial charge is 0.356 e. The second-order valence-electron chi connectivity index (χ2n) is 2.88. The predicted octanol–water partition coefficient (Wildman–Crippen LogP) is 1.68. The molecule has 0 fully saturated rings. The summed E-state index contributed by atoms with van der Waals surface area (Å²) >= 11 is 0. The molecule has 0 spiro atoms. The normalized spacial score (nSPS) is 10.4.